The van der Waals surface area contributed by atoms with Gasteiger partial charge in [0.05, 0.1) is 62.2 Å². The van der Waals surface area contributed by atoms with Crippen LogP contribution in [-0.4, -0.2) is 219 Å². The monoisotopic (exact) mass is 1290 g/mol. The third-order valence-corrected chi connectivity index (χ3v) is 18.6. The molecule has 0 atom stereocenters. The molecule has 1 aliphatic carbocycles. The minimum absolute atomic E-state index is 0.191. The Bertz CT molecular complexity index is 4430. The minimum atomic E-state index is -0.191. The Kier molecular flexibility index (Phi) is 19.5. The molecule has 0 radical (unpaired) electrons. The van der Waals surface area contributed by atoms with Gasteiger partial charge in [-0.3, -0.25) is 19.5 Å². The predicted octanol–water partition coefficient (Wildman–Crippen LogP) is 9.88. The molecule has 11 aromatic rings. The zero-order valence-corrected chi connectivity index (χ0v) is 54.2. The Morgan fingerprint density at radius 1 is 0.402 bits per heavy atom. The second-order valence-corrected chi connectivity index (χ2v) is 24.9. The van der Waals surface area contributed by atoms with Crippen LogP contribution in [0.1, 0.15) is 12.1 Å². The highest BCUT2D eigenvalue weighted by molar-refractivity contribution is 6.39. The maximum absolute atomic E-state index is 12.0. The Balaban J connectivity index is 0.000000126. The number of aromatic amines is 2. The molecule has 472 valence electrons. The third kappa shape index (κ3) is 13.9. The first-order valence-corrected chi connectivity index (χ1v) is 32.5. The van der Waals surface area contributed by atoms with Crippen molar-refractivity contribution in [1.29, 1.82) is 0 Å². The van der Waals surface area contributed by atoms with Gasteiger partial charge in [-0.25, -0.2) is 14.0 Å². The number of H-pyrrole nitrogens is 2. The molecule has 0 unspecified atom stereocenters. The zero-order chi connectivity index (χ0) is 63.1. The average molecular weight is 1290 g/mol. The summed E-state index contributed by atoms with van der Waals surface area (Å²) in [4.78, 5) is 32.5. The van der Waals surface area contributed by atoms with Crippen LogP contribution >= 0.6 is 34.8 Å². The van der Waals surface area contributed by atoms with Gasteiger partial charge in [-0.05, 0) is 51.3 Å². The first kappa shape index (κ1) is 62.5. The molecule has 0 spiro atoms. The van der Waals surface area contributed by atoms with Gasteiger partial charge in [0, 0.05) is 127 Å². The van der Waals surface area contributed by atoms with E-state index in [4.69, 9.17) is 50.1 Å². The number of fused-ring (bicyclic) bond motifs is 3. The van der Waals surface area contributed by atoms with E-state index in [-0.39, 0.29) is 5.56 Å². The Labute approximate surface area is 548 Å². The molecule has 21 nitrogen and oxygen atoms in total. The van der Waals surface area contributed by atoms with Crippen LogP contribution < -0.4 is 5.56 Å². The van der Waals surface area contributed by atoms with Crippen LogP contribution in [0.25, 0.3) is 95.2 Å². The Morgan fingerprint density at radius 3 is 1.15 bits per heavy atom. The summed E-state index contributed by atoms with van der Waals surface area (Å²) in [6, 6.07) is 38.6. The topological polar surface area (TPSA) is 199 Å². The van der Waals surface area contributed by atoms with E-state index in [9.17, 15) is 4.79 Å². The third-order valence-electron chi connectivity index (χ3n) is 17.5. The van der Waals surface area contributed by atoms with Crippen LogP contribution in [0.15, 0.2) is 151 Å². The maximum Gasteiger partial charge on any atom is 0.248 e. The number of nitrogens with one attached hydrogen (secondary N) is 2. The van der Waals surface area contributed by atoms with Crippen molar-refractivity contribution >= 4 is 73.5 Å². The van der Waals surface area contributed by atoms with Crippen molar-refractivity contribution in [3.05, 3.63) is 177 Å². The standard InChI is InChI=1S/C23H24ClN7O.C23H25ClN6.C22H24ClN7/c1-29-10-12-30(13-11-29)14-15-31-23-19(22(28-31)17-8-5-9-18(32)25-17)20(24)21(26-27-23)16-6-3-2-4-7-16;1-28-11-13-29(14-12-28)15-16-30-23-19(21(27-30)17-9-5-6-10-17)20(24)22(25-26-23)18-7-3-2-4-8-18;1-28-10-12-29(13-11-28)14-15-30-22-18(21(27-30)17-8-5-9-24-17)19(23)20(25-26-22)16-6-3-2-4-7-16/h2-9H,10-15H2,1H3,(H,25,32);2-5,7-10H,6,11-16H2,1H3;2-9,24H,10-15H2,1H3. The molecule has 15 rings (SSSR count). The second kappa shape index (κ2) is 28.7. The van der Waals surface area contributed by atoms with Crippen molar-refractivity contribution in [2.24, 2.45) is 0 Å². The van der Waals surface area contributed by atoms with Crippen molar-refractivity contribution in [2.75, 3.05) is 119 Å². The number of rotatable bonds is 15. The van der Waals surface area contributed by atoms with Crippen molar-refractivity contribution < 1.29 is 0 Å². The van der Waals surface area contributed by atoms with Gasteiger partial charge in [0.1, 0.15) is 34.2 Å². The van der Waals surface area contributed by atoms with E-state index >= 15 is 0 Å². The van der Waals surface area contributed by atoms with Gasteiger partial charge in [0.2, 0.25) is 5.56 Å². The molecule has 11 heterocycles. The van der Waals surface area contributed by atoms with E-state index in [0.717, 1.165) is 179 Å². The predicted molar refractivity (Wildman–Crippen MR) is 367 cm³/mol. The normalized spacial score (nSPS) is 16.3. The van der Waals surface area contributed by atoms with E-state index in [1.807, 2.05) is 129 Å². The molecule has 0 saturated carbocycles. The second-order valence-electron chi connectivity index (χ2n) is 23.7. The number of aromatic nitrogens is 14. The Hall–Kier alpha value is -8.35. The highest BCUT2D eigenvalue weighted by Crippen LogP contribution is 2.40. The number of allylic oxidation sites excluding steroid dienone is 4. The molecule has 8 aromatic heterocycles. The van der Waals surface area contributed by atoms with E-state index in [1.54, 1.807) is 6.07 Å². The fourth-order valence-corrected chi connectivity index (χ4v) is 13.0. The number of benzene rings is 3. The van der Waals surface area contributed by atoms with Gasteiger partial charge in [-0.2, -0.15) is 15.3 Å². The number of hydrogen-bond acceptors (Lipinski definition) is 16. The molecule has 4 aliphatic rings. The molecule has 2 N–H and O–H groups in total. The van der Waals surface area contributed by atoms with Crippen molar-refractivity contribution in [3.63, 3.8) is 0 Å². The van der Waals surface area contributed by atoms with Crippen molar-refractivity contribution in [1.82, 2.24) is 99.3 Å². The first-order valence-electron chi connectivity index (χ1n) is 31.4. The van der Waals surface area contributed by atoms with Gasteiger partial charge >= 0.3 is 0 Å². The van der Waals surface area contributed by atoms with Gasteiger partial charge in [-0.1, -0.05) is 150 Å². The lowest BCUT2D eigenvalue weighted by molar-refractivity contribution is 0.149. The number of nitrogens with zero attached hydrogens (tertiary/aromatic N) is 18. The fraction of sp³-hybridized carbons (Fsp3) is 0.324. The molecule has 92 heavy (non-hydrogen) atoms. The van der Waals surface area contributed by atoms with E-state index in [0.29, 0.717) is 61.1 Å². The molecule has 3 aromatic carbocycles. The average Bonchev–Trinajstić information content (AvgIpc) is 1.73. The molecule has 3 saturated heterocycles. The smallest absolute Gasteiger partial charge is 0.248 e. The van der Waals surface area contributed by atoms with Gasteiger partial charge in [-0.15, -0.1) is 30.6 Å². The van der Waals surface area contributed by atoms with Crippen molar-refractivity contribution in [2.45, 2.75) is 26.1 Å². The summed E-state index contributed by atoms with van der Waals surface area (Å²) in [5, 5.41) is 45.8. The van der Waals surface area contributed by atoms with Crippen LogP contribution in [0.3, 0.4) is 0 Å². The molecule has 0 amide bonds. The van der Waals surface area contributed by atoms with Crippen LogP contribution in [-0.2, 0) is 19.6 Å². The zero-order valence-electron chi connectivity index (χ0n) is 51.9. The van der Waals surface area contributed by atoms with Crippen LogP contribution in [0, 0.1) is 0 Å². The lowest BCUT2D eigenvalue weighted by Gasteiger charge is -2.32. The van der Waals surface area contributed by atoms with E-state index in [2.05, 4.69) is 109 Å². The molecule has 3 aliphatic heterocycles. The summed E-state index contributed by atoms with van der Waals surface area (Å²) < 4.78 is 5.77. The molecule has 3 fully saturated rings. The number of likely N-dealkylation sites (N-methyl/N-ethyl adjacent to an activating group) is 3. The number of hydrogen-bond donors (Lipinski definition) is 2. The van der Waals surface area contributed by atoms with Crippen LogP contribution in [0.5, 0.6) is 0 Å². The fourth-order valence-electron chi connectivity index (χ4n) is 12.1. The number of halogens is 3. The molecule has 0 bridgehead atoms. The van der Waals surface area contributed by atoms with Crippen LogP contribution in [0.2, 0.25) is 15.1 Å². The van der Waals surface area contributed by atoms with Gasteiger partial charge in [0.25, 0.3) is 0 Å². The SMILES string of the molecule is CN1CCN(CCn2nc(-c3ccc[nH]3)c3c(Cl)c(-c4ccccc4)nnc32)CC1.CN1CCN(CCn2nc(-c3cccc(=O)[nH]3)c3c(Cl)c(-c4ccccc4)nnc32)CC1.CN1CCN(CCn2nc(C3=CCC=C3)c3c(Cl)c(-c4ccccc4)nnc32)CC1. The van der Waals surface area contributed by atoms with Gasteiger partial charge in [0.15, 0.2) is 16.9 Å². The summed E-state index contributed by atoms with van der Waals surface area (Å²) in [6.45, 7) is 17.8. The van der Waals surface area contributed by atoms with E-state index in [1.165, 1.54) is 6.07 Å². The molecule has 24 heteroatoms. The quantitative estimate of drug-likeness (QED) is 0.0982. The molecular weight excluding hydrogens is 1220 g/mol. The summed E-state index contributed by atoms with van der Waals surface area (Å²) >= 11 is 20.7. The summed E-state index contributed by atoms with van der Waals surface area (Å²) in [5.74, 6) is 0. The maximum atomic E-state index is 12.0. The highest BCUT2D eigenvalue weighted by Gasteiger charge is 2.27. The summed E-state index contributed by atoms with van der Waals surface area (Å²) in [5.41, 5.74) is 11.6. The van der Waals surface area contributed by atoms with Gasteiger partial charge < -0.3 is 24.7 Å². The lowest BCUT2D eigenvalue weighted by atomic mass is 10.1. The summed E-state index contributed by atoms with van der Waals surface area (Å²) in [7, 11) is 6.49. The molecular formula is C68H73Cl3N20O. The van der Waals surface area contributed by atoms with Crippen LogP contribution in [0.4, 0.5) is 0 Å². The van der Waals surface area contributed by atoms with E-state index < -0.39 is 0 Å². The number of piperazine rings is 3. The van der Waals surface area contributed by atoms with Crippen molar-refractivity contribution in [3.8, 4) is 56.5 Å². The highest BCUT2D eigenvalue weighted by atomic mass is 35.5. The summed E-state index contributed by atoms with van der Waals surface area (Å²) in [6.07, 6.45) is 9.26. The Morgan fingerprint density at radius 2 is 0.783 bits per heavy atom. The first-order chi connectivity index (χ1) is 45.0. The largest absolute Gasteiger partial charge is 0.360 e. The number of pyridine rings is 1. The lowest BCUT2D eigenvalue weighted by Crippen LogP contribution is -2.45. The minimum Gasteiger partial charge on any atom is -0.360 e.